The second kappa shape index (κ2) is 10.8. The van der Waals surface area contributed by atoms with Gasteiger partial charge in [0, 0.05) is 0 Å². The van der Waals surface area contributed by atoms with Crippen LogP contribution in [0.5, 0.6) is 0 Å². The van der Waals surface area contributed by atoms with E-state index in [-0.39, 0.29) is 25.4 Å². The molecule has 0 amide bonds. The van der Waals surface area contributed by atoms with Gasteiger partial charge >= 0.3 is 73.9 Å². The van der Waals surface area contributed by atoms with Crippen molar-refractivity contribution >= 4 is 28.1 Å². The minimum atomic E-state index is -4.67. The van der Waals surface area contributed by atoms with Crippen LogP contribution in [-0.2, 0) is 20.8 Å². The molecule has 0 bridgehead atoms. The van der Waals surface area contributed by atoms with Crippen molar-refractivity contribution in [2.45, 2.75) is 0 Å². The molecule has 12 nitrogen and oxygen atoms in total. The average Bonchev–Trinajstić information content (AvgIpc) is 2.17. The topological polar surface area (TPSA) is 230 Å². The first-order chi connectivity index (χ1) is 8.24. The van der Waals surface area contributed by atoms with E-state index in [0.717, 1.165) is 0 Å². The average molecular weight is 352 g/mol. The summed E-state index contributed by atoms with van der Waals surface area (Å²) >= 11 is 0. The molecule has 0 aromatic rings. The molecule has 0 unspecified atom stereocenters. The summed E-state index contributed by atoms with van der Waals surface area (Å²) in [6.07, 6.45) is -1.07. The zero-order valence-corrected chi connectivity index (χ0v) is 12.0. The van der Waals surface area contributed by atoms with Crippen molar-refractivity contribution in [3.63, 3.8) is 0 Å². The third-order valence-corrected chi connectivity index (χ3v) is 4.02. The predicted molar refractivity (Wildman–Crippen MR) is 65.0 cm³/mol. The molecule has 0 aliphatic carbocycles. The van der Waals surface area contributed by atoms with Crippen LogP contribution in [0.25, 0.3) is 0 Å². The van der Waals surface area contributed by atoms with E-state index in [1.807, 2.05) is 0 Å². The molecule has 0 fully saturated rings. The van der Waals surface area contributed by atoms with E-state index in [2.05, 4.69) is 0 Å². The van der Waals surface area contributed by atoms with E-state index < -0.39 is 28.1 Å². The Labute approximate surface area is 109 Å². The summed E-state index contributed by atoms with van der Waals surface area (Å²) in [4.78, 5) is 0. The monoisotopic (exact) mass is 352 g/mol. The van der Waals surface area contributed by atoms with Crippen LogP contribution in [0.4, 0.5) is 0 Å². The van der Waals surface area contributed by atoms with Gasteiger partial charge in [-0.05, 0) is 0 Å². The molecule has 0 spiro atoms. The quantitative estimate of drug-likeness (QED) is 0.190. The van der Waals surface area contributed by atoms with Gasteiger partial charge in [0.15, 0.2) is 0 Å². The van der Waals surface area contributed by atoms with Crippen LogP contribution in [0.2, 0.25) is 0 Å². The van der Waals surface area contributed by atoms with Gasteiger partial charge in [0.25, 0.3) is 0 Å². The van der Waals surface area contributed by atoms with Crippen molar-refractivity contribution in [1.82, 2.24) is 0 Å². The predicted octanol–water partition coefficient (Wildman–Crippen LogP) is -2.77. The van der Waals surface area contributed by atoms with Crippen LogP contribution in [-0.4, -0.2) is 80.9 Å². The summed E-state index contributed by atoms with van der Waals surface area (Å²) in [5.74, 6) is 0. The van der Waals surface area contributed by atoms with Crippen molar-refractivity contribution in [2.75, 3.05) is 25.4 Å². The zero-order chi connectivity index (χ0) is 16.3. The van der Waals surface area contributed by atoms with Crippen LogP contribution in [0.1, 0.15) is 0 Å². The normalized spacial score (nSPS) is 12.6. The first kappa shape index (κ1) is 24.1. The summed E-state index contributed by atoms with van der Waals surface area (Å²) in [5, 5.41) is 34.2. The van der Waals surface area contributed by atoms with Gasteiger partial charge in [0.1, 0.15) is 0 Å². The fourth-order valence-corrected chi connectivity index (χ4v) is 0.900. The van der Waals surface area contributed by atoms with E-state index in [0.29, 0.717) is 0 Å². The van der Waals surface area contributed by atoms with Gasteiger partial charge < -0.3 is 0 Å². The van der Waals surface area contributed by atoms with Crippen molar-refractivity contribution < 1.29 is 55.5 Å². The van der Waals surface area contributed by atoms with Crippen LogP contribution >= 0.6 is 7.26 Å². The van der Waals surface area contributed by atoms with Crippen LogP contribution in [0, 0.1) is 0 Å². The number of aliphatic hydroxyl groups excluding tert-OH is 4. The molecule has 0 aromatic heterocycles. The Morgan fingerprint density at radius 2 is 0.684 bits per heavy atom. The van der Waals surface area contributed by atoms with Crippen molar-refractivity contribution in [2.24, 2.45) is 0 Å². The zero-order valence-electron chi connectivity index (χ0n) is 9.36. The molecule has 0 saturated carbocycles. The molecule has 0 rings (SSSR count). The van der Waals surface area contributed by atoms with Gasteiger partial charge in [-0.2, -0.15) is 16.8 Å². The Hall–Kier alpha value is 0.01000. The number of aliphatic hydroxyl groups is 4. The molecule has 8 N–H and O–H groups in total. The van der Waals surface area contributed by atoms with Crippen LogP contribution in [0.15, 0.2) is 0 Å². The second-order valence-electron chi connectivity index (χ2n) is 3.03. The van der Waals surface area contributed by atoms with E-state index in [1.54, 1.807) is 0 Å². The van der Waals surface area contributed by atoms with E-state index >= 15 is 0 Å². The fraction of sp³-hybridized carbons (Fsp3) is 1.00. The standard InChI is InChI=1S/C4H13O4P.2H2O4S/c5-1-9(2-6,3-7)4-8;2*1-5(2,3)4/h5-9H,1-4H2;2*(H2,1,2,3,4). The third-order valence-electron chi connectivity index (χ3n) is 1.34. The number of hydrogen-bond donors (Lipinski definition) is 8. The minimum absolute atomic E-state index is 0.267. The SMILES string of the molecule is O=S(=O)(O)O.O=S(=O)(O)O.OC[PH](CO)(CO)CO. The van der Waals surface area contributed by atoms with Crippen molar-refractivity contribution in [3.8, 4) is 0 Å². The summed E-state index contributed by atoms with van der Waals surface area (Å²) in [5.41, 5.74) is 0. The fourth-order valence-electron chi connectivity index (χ4n) is 0.300. The van der Waals surface area contributed by atoms with E-state index in [9.17, 15) is 0 Å². The van der Waals surface area contributed by atoms with Gasteiger partial charge in [0.2, 0.25) is 0 Å². The Morgan fingerprint density at radius 3 is 0.684 bits per heavy atom. The molecular weight excluding hydrogens is 335 g/mol. The molecule has 0 aromatic carbocycles. The maximum absolute atomic E-state index is 8.74. The molecule has 0 aliphatic rings. The third kappa shape index (κ3) is 32.0. The molecule has 0 saturated heterocycles. The molecule has 0 aliphatic heterocycles. The molecule has 15 heteroatoms. The van der Waals surface area contributed by atoms with Gasteiger partial charge in [0.05, 0.1) is 0 Å². The molecule has 0 heterocycles. The Balaban J connectivity index is -0.000000219. The summed E-state index contributed by atoms with van der Waals surface area (Å²) in [6, 6.07) is 0. The summed E-state index contributed by atoms with van der Waals surface area (Å²) in [6.45, 7) is 0. The van der Waals surface area contributed by atoms with Crippen LogP contribution < -0.4 is 0 Å². The molecule has 0 radical (unpaired) electrons. The van der Waals surface area contributed by atoms with Crippen LogP contribution in [0.3, 0.4) is 0 Å². The number of rotatable bonds is 4. The Kier molecular flexibility index (Phi) is 13.6. The first-order valence-electron chi connectivity index (χ1n) is 4.08. The van der Waals surface area contributed by atoms with Gasteiger partial charge in [-0.1, -0.05) is 0 Å². The summed E-state index contributed by atoms with van der Waals surface area (Å²) in [7, 11) is -11.8. The summed E-state index contributed by atoms with van der Waals surface area (Å²) < 4.78 is 63.2. The van der Waals surface area contributed by atoms with Gasteiger partial charge in [-0.25, -0.2) is 0 Å². The molecule has 122 valence electrons. The number of hydrogen-bond acceptors (Lipinski definition) is 8. The Bertz CT molecular complexity index is 332. The Morgan fingerprint density at radius 1 is 0.579 bits per heavy atom. The molecule has 0 atom stereocenters. The van der Waals surface area contributed by atoms with E-state index in [4.69, 9.17) is 55.5 Å². The molecule has 19 heavy (non-hydrogen) atoms. The van der Waals surface area contributed by atoms with Gasteiger partial charge in [-0.15, -0.1) is 0 Å². The van der Waals surface area contributed by atoms with Crippen molar-refractivity contribution in [3.05, 3.63) is 0 Å². The van der Waals surface area contributed by atoms with E-state index in [1.165, 1.54) is 0 Å². The molecular formula is C4H17O12PS2. The maximum atomic E-state index is 8.74. The van der Waals surface area contributed by atoms with Gasteiger partial charge in [-0.3, -0.25) is 18.2 Å². The van der Waals surface area contributed by atoms with Crippen molar-refractivity contribution in [1.29, 1.82) is 0 Å². The first-order valence-corrected chi connectivity index (χ1v) is 9.70. The second-order valence-corrected chi connectivity index (χ2v) is 9.08.